The fraction of sp³-hybridized carbons (Fsp3) is 0.256. The predicted molar refractivity (Wildman–Crippen MR) is 194 cm³/mol. The summed E-state index contributed by atoms with van der Waals surface area (Å²) in [7, 11) is 1.57. The third-order valence-corrected chi connectivity index (χ3v) is 8.74. The summed E-state index contributed by atoms with van der Waals surface area (Å²) in [6.45, 7) is 13.1. The highest BCUT2D eigenvalue weighted by Crippen LogP contribution is 2.42. The van der Waals surface area contributed by atoms with Crippen molar-refractivity contribution in [3.63, 3.8) is 0 Å². The third kappa shape index (κ3) is 7.20. The lowest BCUT2D eigenvalue weighted by atomic mass is 9.97. The Hall–Kier alpha value is -5.57. The lowest BCUT2D eigenvalue weighted by Crippen LogP contribution is -2.34. The van der Waals surface area contributed by atoms with Gasteiger partial charge in [0.25, 0.3) is 0 Å². The van der Waals surface area contributed by atoms with E-state index in [9.17, 15) is 14.7 Å². The molecule has 0 saturated carbocycles. The average Bonchev–Trinajstić information content (AvgIpc) is 3.50. The fourth-order valence-electron chi connectivity index (χ4n) is 6.34. The number of phenols is 1. The summed E-state index contributed by atoms with van der Waals surface area (Å²) in [5.74, 6) is 0.790. The molecule has 0 bridgehead atoms. The summed E-state index contributed by atoms with van der Waals surface area (Å²) < 4.78 is 11.8. The van der Waals surface area contributed by atoms with Crippen molar-refractivity contribution in [3.05, 3.63) is 95.1 Å². The molecule has 0 aromatic heterocycles. The molecule has 0 radical (unpaired) electrons. The Bertz CT molecular complexity index is 1900. The number of carbonyl (C=O) groups excluding carboxylic acids is 2. The molecule has 9 heteroatoms. The van der Waals surface area contributed by atoms with Crippen LogP contribution in [0.25, 0.3) is 22.4 Å². The number of anilines is 2. The Morgan fingerprint density at radius 3 is 2.65 bits per heavy atom. The Morgan fingerprint density at radius 1 is 1.17 bits per heavy atom. The summed E-state index contributed by atoms with van der Waals surface area (Å²) in [6, 6.07) is 18.7. The maximum atomic E-state index is 13.7. The van der Waals surface area contributed by atoms with E-state index in [1.807, 2.05) is 68.5 Å². The quantitative estimate of drug-likeness (QED) is 0.0338. The number of benzene rings is 4. The van der Waals surface area contributed by atoms with Gasteiger partial charge in [-0.25, -0.2) is 0 Å². The van der Waals surface area contributed by atoms with Gasteiger partial charge in [-0.1, -0.05) is 43.8 Å². The summed E-state index contributed by atoms with van der Waals surface area (Å²) >= 11 is 0. The van der Waals surface area contributed by atoms with Crippen LogP contribution < -0.4 is 25.4 Å². The number of aromatic hydroxyl groups is 1. The number of carbonyl (C=O) groups is 2. The van der Waals surface area contributed by atoms with Crippen LogP contribution in [0.1, 0.15) is 42.0 Å². The smallest absolute Gasteiger partial charge is 0.230 e. The Balaban J connectivity index is 1.29. The number of fused-ring (bicyclic) bond motifs is 3. The number of hydrogen-bond donors (Lipinski definition) is 3. The average molecular weight is 647 g/mol. The topological polar surface area (TPSA) is 126 Å². The zero-order valence-corrected chi connectivity index (χ0v) is 27.7. The minimum Gasteiger partial charge on any atom is -0.507 e. The number of ether oxygens (including phenoxy) is 2. The minimum absolute atomic E-state index is 0.0191. The van der Waals surface area contributed by atoms with Crippen LogP contribution in [0.5, 0.6) is 17.2 Å². The number of aryl methyl sites for hydroxylation is 1. The molecule has 0 fully saturated rings. The van der Waals surface area contributed by atoms with Crippen LogP contribution >= 0.6 is 0 Å². The van der Waals surface area contributed by atoms with Crippen LogP contribution in [0, 0.1) is 12.8 Å². The molecule has 0 saturated heterocycles. The van der Waals surface area contributed by atoms with Gasteiger partial charge in [0, 0.05) is 47.8 Å². The summed E-state index contributed by atoms with van der Waals surface area (Å²) in [5, 5.41) is 15.3. The van der Waals surface area contributed by atoms with Crippen molar-refractivity contribution < 1.29 is 24.2 Å². The zero-order valence-electron chi connectivity index (χ0n) is 27.7. The number of phenolic OH excluding ortho intramolecular Hbond substituents is 1. The van der Waals surface area contributed by atoms with Gasteiger partial charge in [0.05, 0.1) is 18.5 Å². The van der Waals surface area contributed by atoms with E-state index in [1.165, 1.54) is 0 Å². The number of nitrogens with one attached hydrogen (secondary N) is 1. The second kappa shape index (κ2) is 14.9. The normalized spacial score (nSPS) is 13.1. The maximum absolute atomic E-state index is 13.7. The van der Waals surface area contributed by atoms with Crippen molar-refractivity contribution in [2.45, 2.75) is 33.1 Å². The number of methoxy groups -OCH3 is 1. The van der Waals surface area contributed by atoms with E-state index >= 15 is 0 Å². The van der Waals surface area contributed by atoms with Gasteiger partial charge in [0.15, 0.2) is 11.5 Å². The van der Waals surface area contributed by atoms with Gasteiger partial charge in [-0.2, -0.15) is 0 Å². The number of nitrogens with zero attached hydrogens (tertiary/aromatic N) is 2. The molecule has 4 aromatic carbocycles. The molecule has 1 unspecified atom stereocenters. The lowest BCUT2D eigenvalue weighted by Gasteiger charge is -2.23. The Labute approximate surface area is 281 Å². The zero-order chi connectivity index (χ0) is 34.4. The number of nitrogens with two attached hydrogens (primary N) is 1. The first-order valence-corrected chi connectivity index (χ1v) is 15.9. The van der Waals surface area contributed by atoms with Gasteiger partial charge in [0.1, 0.15) is 12.4 Å². The summed E-state index contributed by atoms with van der Waals surface area (Å²) in [5.41, 5.74) is 13.5. The highest BCUT2D eigenvalue weighted by molar-refractivity contribution is 6.04. The number of rotatable bonds is 14. The first kappa shape index (κ1) is 33.8. The Kier molecular flexibility index (Phi) is 10.5. The van der Waals surface area contributed by atoms with Crippen molar-refractivity contribution >= 4 is 58.5 Å². The molecule has 0 spiro atoms. The predicted octanol–water partition coefficient (Wildman–Crippen LogP) is 7.00. The maximum Gasteiger partial charge on any atom is 0.230 e. The molecular weight excluding hydrogens is 604 g/mol. The van der Waals surface area contributed by atoms with Gasteiger partial charge in [-0.3, -0.25) is 14.6 Å². The fourth-order valence-corrected chi connectivity index (χ4v) is 6.34. The molecule has 1 heterocycles. The second-order valence-electron chi connectivity index (χ2n) is 12.1. The van der Waals surface area contributed by atoms with E-state index in [-0.39, 0.29) is 24.2 Å². The van der Waals surface area contributed by atoms with Crippen LogP contribution in [-0.4, -0.2) is 50.9 Å². The third-order valence-electron chi connectivity index (χ3n) is 8.74. The van der Waals surface area contributed by atoms with Crippen molar-refractivity contribution in [2.75, 3.05) is 37.4 Å². The molecule has 1 aliphatic heterocycles. The number of nitrogen functional groups attached to an aromatic ring is 1. The molecule has 248 valence electrons. The van der Waals surface area contributed by atoms with Crippen LogP contribution in [0.4, 0.5) is 17.1 Å². The molecule has 9 nitrogen and oxygen atoms in total. The lowest BCUT2D eigenvalue weighted by molar-refractivity contribution is -0.121. The SMILES string of the molecule is C=Nc1cc(OCC(=C)CC(C)C(=O)N2CCc3c2cc(O)c2cccc(C)c32)c(OC)cc1/C=C(\CCNC=O)c1ccc(N)cc1. The highest BCUT2D eigenvalue weighted by Gasteiger charge is 2.31. The van der Waals surface area contributed by atoms with E-state index in [0.29, 0.717) is 55.2 Å². The van der Waals surface area contributed by atoms with Gasteiger partial charge in [-0.15, -0.1) is 0 Å². The van der Waals surface area contributed by atoms with Gasteiger partial charge >= 0.3 is 0 Å². The minimum atomic E-state index is -0.345. The summed E-state index contributed by atoms with van der Waals surface area (Å²) in [4.78, 5) is 30.6. The van der Waals surface area contributed by atoms with E-state index < -0.39 is 0 Å². The van der Waals surface area contributed by atoms with E-state index in [1.54, 1.807) is 24.1 Å². The first-order chi connectivity index (χ1) is 23.1. The van der Waals surface area contributed by atoms with Crippen molar-refractivity contribution in [3.8, 4) is 17.2 Å². The molecule has 48 heavy (non-hydrogen) atoms. The van der Waals surface area contributed by atoms with Crippen LogP contribution in [-0.2, 0) is 16.0 Å². The Morgan fingerprint density at radius 2 is 1.94 bits per heavy atom. The number of hydrogen-bond acceptors (Lipinski definition) is 7. The molecular formula is C39H42N4O5. The van der Waals surface area contributed by atoms with Gasteiger partial charge in [0.2, 0.25) is 12.3 Å². The molecule has 1 atom stereocenters. The van der Waals surface area contributed by atoms with E-state index in [4.69, 9.17) is 15.2 Å². The highest BCUT2D eigenvalue weighted by atomic mass is 16.5. The monoisotopic (exact) mass is 646 g/mol. The molecule has 1 aliphatic rings. The van der Waals surface area contributed by atoms with Gasteiger partial charge in [-0.05, 0) is 90.4 Å². The molecule has 0 aliphatic carbocycles. The van der Waals surface area contributed by atoms with Crippen molar-refractivity contribution in [2.24, 2.45) is 10.9 Å². The van der Waals surface area contributed by atoms with Crippen molar-refractivity contribution in [1.82, 2.24) is 5.32 Å². The number of amides is 2. The second-order valence-corrected chi connectivity index (χ2v) is 12.1. The summed E-state index contributed by atoms with van der Waals surface area (Å²) in [6.07, 6.45) is 4.41. The van der Waals surface area contributed by atoms with Crippen LogP contribution in [0.3, 0.4) is 0 Å². The molecule has 4 aromatic rings. The standard InChI is InChI=1S/C39H42N4O5/c1-24(17-26(3)39(46)43-16-14-31-34(43)21-35(45)32-8-6-7-25(2)38(31)32)22-48-37-20-33(41-4)29(19-36(37)47-5)18-28(13-15-42-23-44)27-9-11-30(40)12-10-27/h6-12,18-21,23,26,45H,1,4,13-17,22,40H2,2-3,5H3,(H,42,44)/b28-18+. The van der Waals surface area contributed by atoms with E-state index in [0.717, 1.165) is 56.3 Å². The molecule has 5 rings (SSSR count). The molecule has 2 amide bonds. The largest absolute Gasteiger partial charge is 0.507 e. The van der Waals surface area contributed by atoms with Crippen LogP contribution in [0.2, 0.25) is 0 Å². The molecule has 4 N–H and O–H groups in total. The van der Waals surface area contributed by atoms with Crippen molar-refractivity contribution in [1.29, 1.82) is 0 Å². The van der Waals surface area contributed by atoms with E-state index in [2.05, 4.69) is 23.6 Å². The number of aliphatic imine (C=N–C) groups is 1. The first-order valence-electron chi connectivity index (χ1n) is 15.9. The van der Waals surface area contributed by atoms with Crippen LogP contribution in [0.15, 0.2) is 77.8 Å². The van der Waals surface area contributed by atoms with Gasteiger partial charge < -0.3 is 30.5 Å².